The van der Waals surface area contributed by atoms with E-state index in [4.69, 9.17) is 23.7 Å². The lowest BCUT2D eigenvalue weighted by Gasteiger charge is -2.32. The van der Waals surface area contributed by atoms with Crippen molar-refractivity contribution in [3.05, 3.63) is 65.0 Å². The van der Waals surface area contributed by atoms with E-state index < -0.39 is 11.5 Å². The van der Waals surface area contributed by atoms with Crippen LogP contribution in [0.1, 0.15) is 59.2 Å². The summed E-state index contributed by atoms with van der Waals surface area (Å²) < 4.78 is 32.2. The molecule has 294 valence electrons. The minimum absolute atomic E-state index is 0.0663. The maximum atomic E-state index is 13.9. The van der Waals surface area contributed by atoms with Crippen LogP contribution >= 0.6 is 0 Å². The van der Waals surface area contributed by atoms with E-state index in [0.29, 0.717) is 82.6 Å². The smallest absolute Gasteiger partial charge is 0.276 e. The number of aromatic nitrogens is 4. The Bertz CT molecular complexity index is 2160. The van der Waals surface area contributed by atoms with Gasteiger partial charge in [0, 0.05) is 74.3 Å². The summed E-state index contributed by atoms with van der Waals surface area (Å²) >= 11 is 0. The van der Waals surface area contributed by atoms with Crippen molar-refractivity contribution < 1.29 is 38.4 Å². The summed E-state index contributed by atoms with van der Waals surface area (Å²) in [7, 11) is 0. The second kappa shape index (κ2) is 14.2. The number of ether oxygens (including phenoxy) is 5. The number of hydrogen-bond donors (Lipinski definition) is 3. The van der Waals surface area contributed by atoms with E-state index >= 15 is 0 Å². The summed E-state index contributed by atoms with van der Waals surface area (Å²) in [5.41, 5.74) is 4.76. The fourth-order valence-electron chi connectivity index (χ4n) is 8.50. The predicted molar refractivity (Wildman–Crippen MR) is 206 cm³/mol. The molecule has 16 nitrogen and oxygen atoms in total. The van der Waals surface area contributed by atoms with Gasteiger partial charge in [-0.2, -0.15) is 5.10 Å². The van der Waals surface area contributed by atoms with Gasteiger partial charge >= 0.3 is 0 Å². The number of fused-ring (bicyclic) bond motifs is 3. The van der Waals surface area contributed by atoms with Crippen LogP contribution in [0.2, 0.25) is 0 Å². The van der Waals surface area contributed by atoms with Crippen LogP contribution in [0.5, 0.6) is 23.3 Å². The van der Waals surface area contributed by atoms with Crippen molar-refractivity contribution in [2.75, 3.05) is 79.6 Å². The Hall–Kier alpha value is -5.61. The van der Waals surface area contributed by atoms with Gasteiger partial charge in [-0.1, -0.05) is 0 Å². The first-order valence-corrected chi connectivity index (χ1v) is 19.2. The van der Waals surface area contributed by atoms with Gasteiger partial charge in [-0.05, 0) is 45.4 Å². The SMILES string of the molecule is CC1(C)Cc2cc(NC(=O)c3cnn4c3OCC(CC3(C)Cc5cc(NC(=O)c6ccc(O)nn6)c(N6CCOCC6)cc5O3)C4)c(N3CCOCC3)cc2O1. The molecule has 2 unspecified atom stereocenters. The number of aromatic hydroxyl groups is 1. The molecule has 0 bridgehead atoms. The molecule has 0 spiro atoms. The summed E-state index contributed by atoms with van der Waals surface area (Å²) in [6.45, 7) is 12.4. The highest BCUT2D eigenvalue weighted by Crippen LogP contribution is 2.45. The monoisotopic (exact) mass is 766 g/mol. The third-order valence-corrected chi connectivity index (χ3v) is 11.0. The number of morpholine rings is 2. The standard InChI is InChI=1S/C40H46N8O8/c1-39(2)19-25-14-29(31(16-33(25)55-39)46-6-10-52-11-7-46)42-36(50)27-21-41-48-22-24(23-54-38(27)48)18-40(3)20-26-15-30(43-37(51)28-4-5-35(49)45-44-28)32(17-34(26)56-40)47-8-12-53-13-9-47/h4-5,14-17,21,24H,6-13,18-20,22-23H2,1-3H3,(H,42,50)(H,43,51)(H,45,49). The van der Waals surface area contributed by atoms with Crippen molar-refractivity contribution in [1.29, 1.82) is 0 Å². The van der Waals surface area contributed by atoms with Crippen LogP contribution in [0, 0.1) is 5.92 Å². The average Bonchev–Trinajstić information content (AvgIpc) is 3.85. The summed E-state index contributed by atoms with van der Waals surface area (Å²) in [5.74, 6) is 1.16. The molecule has 56 heavy (non-hydrogen) atoms. The first-order valence-electron chi connectivity index (χ1n) is 19.2. The van der Waals surface area contributed by atoms with Crippen molar-refractivity contribution in [1.82, 2.24) is 20.0 Å². The molecule has 2 atom stereocenters. The Morgan fingerprint density at radius 1 is 0.821 bits per heavy atom. The zero-order chi connectivity index (χ0) is 38.6. The minimum atomic E-state index is -0.545. The number of nitrogens with one attached hydrogen (secondary N) is 2. The molecule has 2 aromatic heterocycles. The molecule has 7 heterocycles. The third kappa shape index (κ3) is 7.14. The molecular weight excluding hydrogens is 720 g/mol. The van der Waals surface area contributed by atoms with E-state index in [9.17, 15) is 14.7 Å². The van der Waals surface area contributed by atoms with E-state index in [2.05, 4.69) is 56.5 Å². The summed E-state index contributed by atoms with van der Waals surface area (Å²) in [5, 5.41) is 27.8. The van der Waals surface area contributed by atoms with Crippen LogP contribution in [0.15, 0.2) is 42.6 Å². The van der Waals surface area contributed by atoms with Crippen molar-refractivity contribution in [2.45, 2.75) is 57.8 Å². The number of anilines is 4. The number of rotatable bonds is 8. The van der Waals surface area contributed by atoms with Crippen molar-refractivity contribution in [2.24, 2.45) is 5.92 Å². The Kier molecular flexibility index (Phi) is 9.11. The molecule has 3 N–H and O–H groups in total. The zero-order valence-corrected chi connectivity index (χ0v) is 31.8. The first kappa shape index (κ1) is 36.1. The highest BCUT2D eigenvalue weighted by Gasteiger charge is 2.40. The largest absolute Gasteiger partial charge is 0.492 e. The number of benzene rings is 2. The zero-order valence-electron chi connectivity index (χ0n) is 31.8. The highest BCUT2D eigenvalue weighted by molar-refractivity contribution is 6.07. The Morgan fingerprint density at radius 2 is 1.45 bits per heavy atom. The lowest BCUT2D eigenvalue weighted by Crippen LogP contribution is -2.38. The Morgan fingerprint density at radius 3 is 2.09 bits per heavy atom. The van der Waals surface area contributed by atoms with Crippen LogP contribution in [0.25, 0.3) is 0 Å². The summed E-state index contributed by atoms with van der Waals surface area (Å²) in [4.78, 5) is 31.5. The molecule has 2 fully saturated rings. The van der Waals surface area contributed by atoms with Gasteiger partial charge in [0.1, 0.15) is 28.3 Å². The minimum Gasteiger partial charge on any atom is -0.492 e. The maximum Gasteiger partial charge on any atom is 0.276 e. The number of nitrogens with zero attached hydrogens (tertiary/aromatic N) is 6. The van der Waals surface area contributed by atoms with E-state index in [1.807, 2.05) is 24.3 Å². The molecule has 0 aliphatic carbocycles. The second-order valence-electron chi connectivity index (χ2n) is 16.0. The van der Waals surface area contributed by atoms with E-state index in [0.717, 1.165) is 59.2 Å². The summed E-state index contributed by atoms with van der Waals surface area (Å²) in [6, 6.07) is 10.8. The highest BCUT2D eigenvalue weighted by atomic mass is 16.5. The van der Waals surface area contributed by atoms with Gasteiger partial charge in [0.15, 0.2) is 5.69 Å². The fourth-order valence-corrected chi connectivity index (χ4v) is 8.50. The van der Waals surface area contributed by atoms with Gasteiger partial charge in [-0.25, -0.2) is 4.68 Å². The van der Waals surface area contributed by atoms with Gasteiger partial charge in [0.05, 0.1) is 68.5 Å². The second-order valence-corrected chi connectivity index (χ2v) is 16.0. The molecule has 2 amide bonds. The van der Waals surface area contributed by atoms with Gasteiger partial charge < -0.3 is 49.2 Å². The number of hydrogen-bond acceptors (Lipinski definition) is 13. The van der Waals surface area contributed by atoms with Crippen LogP contribution in [-0.4, -0.2) is 107 Å². The van der Waals surface area contributed by atoms with Gasteiger partial charge in [-0.3, -0.25) is 9.59 Å². The molecule has 9 rings (SSSR count). The lowest BCUT2D eigenvalue weighted by molar-refractivity contribution is 0.0516. The fraction of sp³-hybridized carbons (Fsp3) is 0.475. The van der Waals surface area contributed by atoms with Gasteiger partial charge in [0.25, 0.3) is 11.8 Å². The van der Waals surface area contributed by atoms with Crippen molar-refractivity contribution in [3.63, 3.8) is 0 Å². The molecular formula is C40H46N8O8. The molecule has 2 aromatic carbocycles. The van der Waals surface area contributed by atoms with Gasteiger partial charge in [-0.15, -0.1) is 10.2 Å². The molecule has 16 heteroatoms. The topological polar surface area (TPSA) is 175 Å². The first-order chi connectivity index (χ1) is 27.0. The van der Waals surface area contributed by atoms with E-state index in [1.54, 1.807) is 10.9 Å². The quantitative estimate of drug-likeness (QED) is 0.235. The Balaban J connectivity index is 0.896. The maximum absolute atomic E-state index is 13.9. The average molecular weight is 767 g/mol. The Labute approximate surface area is 324 Å². The molecule has 4 aromatic rings. The molecule has 2 saturated heterocycles. The lowest BCUT2D eigenvalue weighted by atomic mass is 9.88. The third-order valence-electron chi connectivity index (χ3n) is 11.0. The van der Waals surface area contributed by atoms with Crippen LogP contribution in [-0.2, 0) is 28.9 Å². The molecule has 0 saturated carbocycles. The van der Waals surface area contributed by atoms with Gasteiger partial charge in [0.2, 0.25) is 11.8 Å². The van der Waals surface area contributed by atoms with Crippen LogP contribution in [0.4, 0.5) is 22.7 Å². The predicted octanol–water partition coefficient (Wildman–Crippen LogP) is 4.06. The molecule has 5 aliphatic rings. The summed E-state index contributed by atoms with van der Waals surface area (Å²) in [6.07, 6.45) is 3.63. The number of carbonyl (C=O) groups excluding carboxylic acids is 2. The van der Waals surface area contributed by atoms with Crippen LogP contribution < -0.4 is 34.6 Å². The number of carbonyl (C=O) groups is 2. The van der Waals surface area contributed by atoms with E-state index in [1.165, 1.54) is 12.1 Å². The van der Waals surface area contributed by atoms with E-state index in [-0.39, 0.29) is 29.0 Å². The molecule has 5 aliphatic heterocycles. The normalized spacial score (nSPS) is 22.2. The molecule has 0 radical (unpaired) electrons. The van der Waals surface area contributed by atoms with Crippen molar-refractivity contribution in [3.8, 4) is 23.3 Å². The van der Waals surface area contributed by atoms with Crippen LogP contribution in [0.3, 0.4) is 0 Å². The van der Waals surface area contributed by atoms with Crippen molar-refractivity contribution >= 4 is 34.6 Å². The number of amides is 2.